The predicted octanol–water partition coefficient (Wildman–Crippen LogP) is 4.46. The third-order valence-corrected chi connectivity index (χ3v) is 4.08. The molecule has 2 aromatic rings. The first kappa shape index (κ1) is 18.7. The number of ether oxygens (including phenoxy) is 3. The van der Waals surface area contributed by atoms with Crippen molar-refractivity contribution in [2.24, 2.45) is 0 Å². The standard InChI is InChI=1S/C22H22O5/c1-22(2)12-11-16-19(26-14-25-3)13-18(24)20(21(16)27-22)17(23)10-9-15-7-5-4-6-8-15/h4-13,24H,14H2,1-3H3/b10-9+. The lowest BCUT2D eigenvalue weighted by atomic mass is 9.96. The van der Waals surface area contributed by atoms with Gasteiger partial charge in [0.2, 0.25) is 0 Å². The van der Waals surface area contributed by atoms with Gasteiger partial charge in [-0.1, -0.05) is 36.4 Å². The minimum Gasteiger partial charge on any atom is -0.507 e. The Morgan fingerprint density at radius 2 is 2.00 bits per heavy atom. The quantitative estimate of drug-likeness (QED) is 0.465. The summed E-state index contributed by atoms with van der Waals surface area (Å²) >= 11 is 0. The second-order valence-electron chi connectivity index (χ2n) is 6.71. The van der Waals surface area contributed by atoms with Gasteiger partial charge in [-0.3, -0.25) is 4.79 Å². The average molecular weight is 366 g/mol. The Morgan fingerprint density at radius 1 is 1.26 bits per heavy atom. The fourth-order valence-corrected chi connectivity index (χ4v) is 2.78. The van der Waals surface area contributed by atoms with Crippen LogP contribution in [0.5, 0.6) is 17.2 Å². The Labute approximate surface area is 158 Å². The third-order valence-electron chi connectivity index (χ3n) is 4.08. The normalized spacial score (nSPS) is 14.6. The van der Waals surface area contributed by atoms with E-state index in [9.17, 15) is 9.90 Å². The molecule has 1 aliphatic rings. The van der Waals surface area contributed by atoms with Crippen LogP contribution in [0.3, 0.4) is 0 Å². The van der Waals surface area contributed by atoms with Crippen LogP contribution >= 0.6 is 0 Å². The summed E-state index contributed by atoms with van der Waals surface area (Å²) in [4.78, 5) is 12.8. The van der Waals surface area contributed by atoms with E-state index in [0.29, 0.717) is 17.1 Å². The zero-order valence-electron chi connectivity index (χ0n) is 15.6. The maximum Gasteiger partial charge on any atom is 0.193 e. The molecule has 140 valence electrons. The number of allylic oxidation sites excluding steroid dienone is 1. The smallest absolute Gasteiger partial charge is 0.193 e. The van der Waals surface area contributed by atoms with Crippen molar-refractivity contribution in [3.63, 3.8) is 0 Å². The Morgan fingerprint density at radius 3 is 2.70 bits per heavy atom. The lowest BCUT2D eigenvalue weighted by molar-refractivity contribution is 0.0502. The van der Waals surface area contributed by atoms with Gasteiger partial charge in [0, 0.05) is 13.2 Å². The van der Waals surface area contributed by atoms with Gasteiger partial charge in [0.1, 0.15) is 28.4 Å². The van der Waals surface area contributed by atoms with E-state index in [-0.39, 0.29) is 23.9 Å². The third kappa shape index (κ3) is 4.20. The number of aromatic hydroxyl groups is 1. The highest BCUT2D eigenvalue weighted by molar-refractivity contribution is 6.11. The zero-order valence-corrected chi connectivity index (χ0v) is 15.6. The van der Waals surface area contributed by atoms with Gasteiger partial charge in [0.25, 0.3) is 0 Å². The van der Waals surface area contributed by atoms with Crippen LogP contribution in [-0.2, 0) is 4.74 Å². The number of phenols is 1. The first-order valence-corrected chi connectivity index (χ1v) is 8.59. The molecule has 5 heteroatoms. The van der Waals surface area contributed by atoms with Crippen molar-refractivity contribution in [2.45, 2.75) is 19.4 Å². The molecule has 0 amide bonds. The summed E-state index contributed by atoms with van der Waals surface area (Å²) in [5.41, 5.74) is 0.984. The highest BCUT2D eigenvalue weighted by Crippen LogP contribution is 2.44. The number of carbonyl (C=O) groups is 1. The van der Waals surface area contributed by atoms with E-state index in [2.05, 4.69) is 0 Å². The molecule has 0 radical (unpaired) electrons. The molecular formula is C22H22O5. The van der Waals surface area contributed by atoms with Gasteiger partial charge < -0.3 is 19.3 Å². The summed E-state index contributed by atoms with van der Waals surface area (Å²) in [5.74, 6) is 0.140. The minimum absolute atomic E-state index is 0.0182. The first-order chi connectivity index (χ1) is 12.9. The Balaban J connectivity index is 2.03. The highest BCUT2D eigenvalue weighted by atomic mass is 16.7. The summed E-state index contributed by atoms with van der Waals surface area (Å²) < 4.78 is 16.5. The first-order valence-electron chi connectivity index (χ1n) is 8.59. The van der Waals surface area contributed by atoms with E-state index in [4.69, 9.17) is 14.2 Å². The van der Waals surface area contributed by atoms with Crippen LogP contribution in [0.2, 0.25) is 0 Å². The maximum absolute atomic E-state index is 12.8. The van der Waals surface area contributed by atoms with Crippen molar-refractivity contribution in [3.05, 3.63) is 65.2 Å². The van der Waals surface area contributed by atoms with Crippen molar-refractivity contribution in [3.8, 4) is 17.2 Å². The van der Waals surface area contributed by atoms with Gasteiger partial charge in [-0.15, -0.1) is 0 Å². The van der Waals surface area contributed by atoms with Crippen LogP contribution in [0.4, 0.5) is 0 Å². The van der Waals surface area contributed by atoms with Crippen molar-refractivity contribution in [2.75, 3.05) is 13.9 Å². The molecule has 0 saturated heterocycles. The second-order valence-corrected chi connectivity index (χ2v) is 6.71. The number of ketones is 1. The van der Waals surface area contributed by atoms with Gasteiger partial charge in [-0.2, -0.15) is 0 Å². The van der Waals surface area contributed by atoms with Gasteiger partial charge in [-0.25, -0.2) is 0 Å². The lowest BCUT2D eigenvalue weighted by Crippen LogP contribution is -2.28. The summed E-state index contributed by atoms with van der Waals surface area (Å²) in [5, 5.41) is 10.5. The monoisotopic (exact) mass is 366 g/mol. The van der Waals surface area contributed by atoms with Crippen molar-refractivity contribution >= 4 is 17.9 Å². The molecule has 5 nitrogen and oxygen atoms in total. The molecule has 0 fully saturated rings. The van der Waals surface area contributed by atoms with Crippen molar-refractivity contribution in [1.29, 1.82) is 0 Å². The molecule has 2 aromatic carbocycles. The molecule has 0 spiro atoms. The van der Waals surface area contributed by atoms with E-state index in [1.165, 1.54) is 19.3 Å². The van der Waals surface area contributed by atoms with Crippen LogP contribution in [0.1, 0.15) is 35.3 Å². The molecule has 0 bridgehead atoms. The SMILES string of the molecule is COCOc1cc(O)c(C(=O)/C=C/c2ccccc2)c2c1C=CC(C)(C)O2. The molecule has 1 aliphatic heterocycles. The summed E-state index contributed by atoms with van der Waals surface area (Å²) in [6, 6.07) is 10.9. The molecule has 0 aromatic heterocycles. The van der Waals surface area contributed by atoms with Gasteiger partial charge >= 0.3 is 0 Å². The Bertz CT molecular complexity index is 895. The molecule has 0 aliphatic carbocycles. The van der Waals surface area contributed by atoms with Crippen LogP contribution < -0.4 is 9.47 Å². The van der Waals surface area contributed by atoms with Crippen molar-refractivity contribution in [1.82, 2.24) is 0 Å². The second kappa shape index (κ2) is 7.68. The molecular weight excluding hydrogens is 344 g/mol. The number of hydrogen-bond acceptors (Lipinski definition) is 5. The van der Waals surface area contributed by atoms with E-state index >= 15 is 0 Å². The van der Waals surface area contributed by atoms with E-state index < -0.39 is 5.60 Å². The number of fused-ring (bicyclic) bond motifs is 1. The van der Waals surface area contributed by atoms with Crippen molar-refractivity contribution < 1.29 is 24.1 Å². The van der Waals surface area contributed by atoms with Crippen LogP contribution in [-0.4, -0.2) is 30.4 Å². The number of phenolic OH excluding ortho intramolecular Hbond substituents is 1. The van der Waals surface area contributed by atoms with E-state index in [1.54, 1.807) is 6.08 Å². The van der Waals surface area contributed by atoms with Crippen LogP contribution in [0.25, 0.3) is 12.2 Å². The molecule has 0 unspecified atom stereocenters. The number of benzene rings is 2. The van der Waals surface area contributed by atoms with E-state index in [0.717, 1.165) is 5.56 Å². The van der Waals surface area contributed by atoms with Crippen LogP contribution in [0, 0.1) is 0 Å². The topological polar surface area (TPSA) is 65.0 Å². The van der Waals surface area contributed by atoms with Crippen LogP contribution in [0.15, 0.2) is 48.6 Å². The molecule has 0 saturated carbocycles. The number of rotatable bonds is 6. The Hall–Kier alpha value is -3.05. The molecule has 3 rings (SSSR count). The van der Waals surface area contributed by atoms with Gasteiger partial charge in [0.05, 0.1) is 5.56 Å². The molecule has 1 N–H and O–H groups in total. The summed E-state index contributed by atoms with van der Waals surface area (Å²) in [6.07, 6.45) is 6.84. The summed E-state index contributed by atoms with van der Waals surface area (Å²) in [6.45, 7) is 3.77. The average Bonchev–Trinajstić information content (AvgIpc) is 2.64. The Kier molecular flexibility index (Phi) is 5.33. The van der Waals surface area contributed by atoms with E-state index in [1.807, 2.05) is 56.3 Å². The number of hydrogen-bond donors (Lipinski definition) is 1. The fraction of sp³-hybridized carbons (Fsp3) is 0.227. The fourth-order valence-electron chi connectivity index (χ4n) is 2.78. The molecule has 0 atom stereocenters. The zero-order chi connectivity index (χ0) is 19.4. The predicted molar refractivity (Wildman–Crippen MR) is 104 cm³/mol. The lowest BCUT2D eigenvalue weighted by Gasteiger charge is -2.30. The largest absolute Gasteiger partial charge is 0.507 e. The van der Waals surface area contributed by atoms with Gasteiger partial charge in [0.15, 0.2) is 12.6 Å². The minimum atomic E-state index is -0.614. The van der Waals surface area contributed by atoms with Gasteiger partial charge in [-0.05, 0) is 37.6 Å². The maximum atomic E-state index is 12.8. The molecule has 27 heavy (non-hydrogen) atoms. The summed E-state index contributed by atoms with van der Waals surface area (Å²) in [7, 11) is 1.51. The molecule has 1 heterocycles. The number of carbonyl (C=O) groups excluding carboxylic acids is 1. The number of methoxy groups -OCH3 is 1. The highest BCUT2D eigenvalue weighted by Gasteiger charge is 2.30.